The maximum absolute atomic E-state index is 9.50. The minimum absolute atomic E-state index is 0.0639. The molecule has 0 spiro atoms. The first-order valence-electron chi connectivity index (χ1n) is 7.80. The largest absolute Gasteiger partial charge is 0.294 e. The van der Waals surface area contributed by atoms with Gasteiger partial charge in [0.05, 0.1) is 17.6 Å². The number of alkyl halides is 1. The maximum Gasteiger partial charge on any atom is 0.139 e. The Morgan fingerprint density at radius 2 is 1.68 bits per heavy atom. The Balaban J connectivity index is 1.76. The molecule has 19 heavy (non-hydrogen) atoms. The lowest BCUT2D eigenvalue weighted by atomic mass is 9.80. The smallest absolute Gasteiger partial charge is 0.139 e. The van der Waals surface area contributed by atoms with Crippen molar-refractivity contribution in [3.05, 3.63) is 0 Å². The van der Waals surface area contributed by atoms with Crippen molar-refractivity contribution in [3.63, 3.8) is 0 Å². The van der Waals surface area contributed by atoms with E-state index in [1.807, 2.05) is 5.06 Å². The number of halogens is 1. The van der Waals surface area contributed by atoms with Crippen LogP contribution in [0.4, 0.5) is 0 Å². The fourth-order valence-electron chi connectivity index (χ4n) is 3.99. The molecule has 3 nitrogen and oxygen atoms in total. The van der Waals surface area contributed by atoms with Crippen LogP contribution in [0.25, 0.3) is 0 Å². The summed E-state index contributed by atoms with van der Waals surface area (Å²) in [5.41, 5.74) is 0. The van der Waals surface area contributed by atoms with Crippen LogP contribution in [0.5, 0.6) is 0 Å². The second kappa shape index (κ2) is 5.99. The van der Waals surface area contributed by atoms with Crippen molar-refractivity contribution in [1.82, 2.24) is 5.06 Å². The summed E-state index contributed by atoms with van der Waals surface area (Å²) in [4.78, 5) is 6.23. The zero-order chi connectivity index (χ0) is 13.2. The highest BCUT2D eigenvalue weighted by Gasteiger charge is 2.47. The quantitative estimate of drug-likeness (QED) is 0.689. The van der Waals surface area contributed by atoms with Gasteiger partial charge < -0.3 is 0 Å². The standard InChI is InChI=1S/C15H23ClN2O/c16-15-12-8-4-5-9-14(12)19-18(13(15)10-17)11-6-2-1-3-7-11/h11-15H,1-9H2. The Kier molecular flexibility index (Phi) is 4.31. The third kappa shape index (κ3) is 2.63. The summed E-state index contributed by atoms with van der Waals surface area (Å²) in [6.45, 7) is 0. The van der Waals surface area contributed by atoms with Crippen LogP contribution in [0.2, 0.25) is 0 Å². The molecule has 0 N–H and O–H groups in total. The molecule has 2 saturated carbocycles. The summed E-state index contributed by atoms with van der Waals surface area (Å²) >= 11 is 6.63. The van der Waals surface area contributed by atoms with Crippen LogP contribution in [0.15, 0.2) is 0 Å². The Bertz CT molecular complexity index is 351. The SMILES string of the molecule is N#CC1C(Cl)C2CCCCC2ON1C1CCCCC1. The van der Waals surface area contributed by atoms with Crippen molar-refractivity contribution in [2.75, 3.05) is 0 Å². The topological polar surface area (TPSA) is 36.3 Å². The molecule has 3 fully saturated rings. The van der Waals surface area contributed by atoms with Gasteiger partial charge >= 0.3 is 0 Å². The Morgan fingerprint density at radius 3 is 2.42 bits per heavy atom. The summed E-state index contributed by atoms with van der Waals surface area (Å²) < 4.78 is 0. The van der Waals surface area contributed by atoms with Gasteiger partial charge in [-0.15, -0.1) is 11.6 Å². The molecular formula is C15H23ClN2O. The van der Waals surface area contributed by atoms with Crippen molar-refractivity contribution in [2.24, 2.45) is 5.92 Å². The van der Waals surface area contributed by atoms with Gasteiger partial charge in [-0.3, -0.25) is 4.84 Å². The second-order valence-corrected chi connectivity index (χ2v) is 6.77. The molecule has 0 aromatic rings. The summed E-state index contributed by atoms with van der Waals surface area (Å²) in [6, 6.07) is 2.55. The van der Waals surface area contributed by atoms with Gasteiger partial charge in [0.1, 0.15) is 6.04 Å². The van der Waals surface area contributed by atoms with E-state index in [-0.39, 0.29) is 17.5 Å². The van der Waals surface area contributed by atoms with E-state index in [0.717, 1.165) is 25.7 Å². The van der Waals surface area contributed by atoms with Gasteiger partial charge in [0.2, 0.25) is 0 Å². The van der Waals surface area contributed by atoms with E-state index < -0.39 is 0 Å². The van der Waals surface area contributed by atoms with Crippen molar-refractivity contribution in [3.8, 4) is 6.07 Å². The minimum atomic E-state index is -0.260. The maximum atomic E-state index is 9.50. The first kappa shape index (κ1) is 13.7. The molecule has 1 heterocycles. The van der Waals surface area contributed by atoms with E-state index in [4.69, 9.17) is 16.4 Å². The second-order valence-electron chi connectivity index (χ2n) is 6.26. The van der Waals surface area contributed by atoms with Gasteiger partial charge in [0.15, 0.2) is 0 Å². The molecule has 0 aromatic carbocycles. The fourth-order valence-corrected chi connectivity index (χ4v) is 4.45. The van der Waals surface area contributed by atoms with Crippen LogP contribution >= 0.6 is 11.6 Å². The highest BCUT2D eigenvalue weighted by Crippen LogP contribution is 2.41. The van der Waals surface area contributed by atoms with Gasteiger partial charge in [-0.2, -0.15) is 10.3 Å². The van der Waals surface area contributed by atoms with E-state index in [1.54, 1.807) is 0 Å². The Hall–Kier alpha value is -0.300. The third-order valence-electron chi connectivity index (χ3n) is 5.06. The van der Waals surface area contributed by atoms with E-state index in [0.29, 0.717) is 12.0 Å². The molecule has 4 heteroatoms. The van der Waals surface area contributed by atoms with Crippen LogP contribution in [0, 0.1) is 17.2 Å². The van der Waals surface area contributed by atoms with Crippen molar-refractivity contribution < 1.29 is 4.84 Å². The molecule has 4 atom stereocenters. The summed E-state index contributed by atoms with van der Waals surface area (Å²) in [6.07, 6.45) is 11.1. The number of hydrogen-bond donors (Lipinski definition) is 0. The third-order valence-corrected chi connectivity index (χ3v) is 5.62. The predicted octanol–water partition coefficient (Wildman–Crippen LogP) is 3.62. The first-order valence-corrected chi connectivity index (χ1v) is 8.23. The normalized spacial score (nSPS) is 41.5. The van der Waals surface area contributed by atoms with Crippen molar-refractivity contribution in [1.29, 1.82) is 5.26 Å². The molecule has 4 unspecified atom stereocenters. The summed E-state index contributed by atoms with van der Waals surface area (Å²) in [7, 11) is 0. The average Bonchev–Trinajstić information content (AvgIpc) is 2.48. The van der Waals surface area contributed by atoms with E-state index >= 15 is 0 Å². The molecule has 106 valence electrons. The fraction of sp³-hybridized carbons (Fsp3) is 0.933. The molecule has 0 bridgehead atoms. The van der Waals surface area contributed by atoms with Gasteiger partial charge in [-0.25, -0.2) is 0 Å². The van der Waals surface area contributed by atoms with Crippen LogP contribution in [0.1, 0.15) is 57.8 Å². The highest BCUT2D eigenvalue weighted by molar-refractivity contribution is 6.21. The average molecular weight is 283 g/mol. The van der Waals surface area contributed by atoms with Gasteiger partial charge in [0, 0.05) is 12.0 Å². The van der Waals surface area contributed by atoms with Gasteiger partial charge in [0.25, 0.3) is 0 Å². The Morgan fingerprint density at radius 1 is 1.00 bits per heavy atom. The molecular weight excluding hydrogens is 260 g/mol. The summed E-state index contributed by atoms with van der Waals surface area (Å²) in [5, 5.41) is 11.4. The summed E-state index contributed by atoms with van der Waals surface area (Å²) in [5.74, 6) is 0.375. The van der Waals surface area contributed by atoms with Crippen LogP contribution in [-0.2, 0) is 4.84 Å². The molecule has 1 saturated heterocycles. The van der Waals surface area contributed by atoms with E-state index in [9.17, 15) is 5.26 Å². The van der Waals surface area contributed by atoms with Crippen molar-refractivity contribution in [2.45, 2.75) is 81.4 Å². The Labute approximate surface area is 120 Å². The van der Waals surface area contributed by atoms with Crippen LogP contribution in [-0.4, -0.2) is 28.6 Å². The molecule has 1 aliphatic heterocycles. The molecule has 0 radical (unpaired) electrons. The molecule has 2 aliphatic carbocycles. The zero-order valence-electron chi connectivity index (χ0n) is 11.4. The van der Waals surface area contributed by atoms with E-state index in [1.165, 1.54) is 32.1 Å². The minimum Gasteiger partial charge on any atom is -0.294 e. The van der Waals surface area contributed by atoms with Gasteiger partial charge in [-0.05, 0) is 25.7 Å². The number of nitrogens with zero attached hydrogens (tertiary/aromatic N) is 2. The van der Waals surface area contributed by atoms with Crippen molar-refractivity contribution >= 4 is 11.6 Å². The van der Waals surface area contributed by atoms with Crippen LogP contribution < -0.4 is 0 Å². The van der Waals surface area contributed by atoms with Crippen LogP contribution in [0.3, 0.4) is 0 Å². The number of fused-ring (bicyclic) bond motifs is 1. The lowest BCUT2D eigenvalue weighted by Gasteiger charge is -2.49. The molecule has 0 amide bonds. The first-order chi connectivity index (χ1) is 9.31. The highest BCUT2D eigenvalue weighted by atomic mass is 35.5. The lowest BCUT2D eigenvalue weighted by molar-refractivity contribution is -0.283. The predicted molar refractivity (Wildman–Crippen MR) is 74.6 cm³/mol. The van der Waals surface area contributed by atoms with E-state index in [2.05, 4.69) is 6.07 Å². The molecule has 3 rings (SSSR count). The number of hydrogen-bond acceptors (Lipinski definition) is 3. The number of hydroxylamine groups is 2. The lowest BCUT2D eigenvalue weighted by Crippen LogP contribution is -2.58. The number of nitriles is 1. The number of rotatable bonds is 1. The van der Waals surface area contributed by atoms with Gasteiger partial charge in [-0.1, -0.05) is 32.1 Å². The zero-order valence-corrected chi connectivity index (χ0v) is 12.2. The molecule has 3 aliphatic rings. The monoisotopic (exact) mass is 282 g/mol. The molecule has 0 aromatic heterocycles.